The molecule has 0 aromatic heterocycles. The van der Waals surface area contributed by atoms with Crippen LogP contribution in [-0.2, 0) is 4.79 Å². The number of carbonyl (C=O) groups is 2. The van der Waals surface area contributed by atoms with E-state index in [-0.39, 0.29) is 23.9 Å². The summed E-state index contributed by atoms with van der Waals surface area (Å²) in [4.78, 5) is 25.2. The molecule has 0 aromatic carbocycles. The minimum absolute atomic E-state index is 0.00581. The predicted molar refractivity (Wildman–Crippen MR) is 79.0 cm³/mol. The molecule has 1 rings (SSSR count). The molecule has 0 bridgehead atoms. The van der Waals surface area contributed by atoms with Gasteiger partial charge in [0, 0.05) is 29.5 Å². The summed E-state index contributed by atoms with van der Waals surface area (Å²) in [5, 5.41) is 5.79. The molecule has 0 spiro atoms. The molecule has 0 atom stereocenters. The van der Waals surface area contributed by atoms with Gasteiger partial charge in [-0.15, -0.1) is 0 Å². The lowest BCUT2D eigenvalue weighted by Crippen LogP contribution is -2.50. The number of hydrogen-bond donors (Lipinski definition) is 2. The van der Waals surface area contributed by atoms with Crippen molar-refractivity contribution in [3.8, 4) is 0 Å². The Balaban J connectivity index is 2.30. The van der Waals surface area contributed by atoms with Crippen LogP contribution in [0.15, 0.2) is 11.1 Å². The maximum absolute atomic E-state index is 11.8. The molecule has 2 N–H and O–H groups in total. The second kappa shape index (κ2) is 7.53. The molecule has 0 saturated carbocycles. The van der Waals surface area contributed by atoms with Gasteiger partial charge in [0.1, 0.15) is 0 Å². The molecular weight excluding hydrogens is 310 g/mol. The summed E-state index contributed by atoms with van der Waals surface area (Å²) >= 11 is 3.20. The molecule has 1 aliphatic rings. The maximum atomic E-state index is 11.8. The maximum Gasteiger partial charge on any atom is 0.317 e. The molecule has 6 heteroatoms. The normalized spacial score (nSPS) is 16.3. The van der Waals surface area contributed by atoms with Crippen LogP contribution in [0.3, 0.4) is 0 Å². The Hall–Kier alpha value is -1.04. The monoisotopic (exact) mass is 331 g/mol. The van der Waals surface area contributed by atoms with Crippen molar-refractivity contribution >= 4 is 27.9 Å². The van der Waals surface area contributed by atoms with E-state index in [2.05, 4.69) is 33.1 Å². The van der Waals surface area contributed by atoms with Crippen LogP contribution >= 0.6 is 15.9 Å². The van der Waals surface area contributed by atoms with Gasteiger partial charge in [0.05, 0.1) is 6.54 Å². The Morgan fingerprint density at radius 1 is 1.37 bits per heavy atom. The van der Waals surface area contributed by atoms with Crippen molar-refractivity contribution in [2.75, 3.05) is 19.6 Å². The van der Waals surface area contributed by atoms with Crippen LogP contribution in [0.1, 0.15) is 26.7 Å². The number of urea groups is 1. The number of halogens is 1. The highest BCUT2D eigenvalue weighted by atomic mass is 79.9. The van der Waals surface area contributed by atoms with E-state index in [0.717, 1.165) is 17.3 Å². The lowest BCUT2D eigenvalue weighted by Gasteiger charge is -2.32. The number of amides is 3. The topological polar surface area (TPSA) is 61.4 Å². The molecular formula is C13H22BrN3O2. The minimum Gasteiger partial charge on any atom is -0.353 e. The largest absolute Gasteiger partial charge is 0.353 e. The minimum atomic E-state index is -0.0748. The zero-order valence-corrected chi connectivity index (χ0v) is 13.1. The van der Waals surface area contributed by atoms with E-state index in [4.69, 9.17) is 0 Å². The summed E-state index contributed by atoms with van der Waals surface area (Å²) in [6, 6.07) is 0.110. The van der Waals surface area contributed by atoms with Gasteiger partial charge in [-0.3, -0.25) is 4.79 Å². The zero-order valence-electron chi connectivity index (χ0n) is 11.5. The van der Waals surface area contributed by atoms with Crippen molar-refractivity contribution in [1.29, 1.82) is 0 Å². The van der Waals surface area contributed by atoms with Crippen LogP contribution in [-0.4, -0.2) is 42.5 Å². The molecule has 0 unspecified atom stereocenters. The average molecular weight is 332 g/mol. The fraction of sp³-hybridized carbons (Fsp3) is 0.692. The van der Waals surface area contributed by atoms with Gasteiger partial charge in [0.15, 0.2) is 0 Å². The standard InChI is InChI=1S/C13H22BrN3O2/c1-9(2)12(18)16-11-4-6-17(7-5-11)13(19)15-8-10(3)14/h9,11H,3-8H2,1-2H3,(H,15,19)(H,16,18). The highest BCUT2D eigenvalue weighted by Gasteiger charge is 2.24. The Kier molecular flexibility index (Phi) is 6.34. The van der Waals surface area contributed by atoms with Crippen LogP contribution in [0.4, 0.5) is 4.79 Å². The number of likely N-dealkylation sites (tertiary alicyclic amines) is 1. The molecule has 19 heavy (non-hydrogen) atoms. The quantitative estimate of drug-likeness (QED) is 0.825. The Labute approximate surface area is 122 Å². The molecule has 1 aliphatic heterocycles. The van der Waals surface area contributed by atoms with Crippen molar-refractivity contribution in [2.24, 2.45) is 5.92 Å². The van der Waals surface area contributed by atoms with E-state index in [1.165, 1.54) is 0 Å². The fourth-order valence-corrected chi connectivity index (χ4v) is 2.02. The van der Waals surface area contributed by atoms with Crippen molar-refractivity contribution in [3.63, 3.8) is 0 Å². The highest BCUT2D eigenvalue weighted by Crippen LogP contribution is 2.11. The first-order chi connectivity index (χ1) is 8.90. The van der Waals surface area contributed by atoms with Gasteiger partial charge in [-0.25, -0.2) is 4.79 Å². The fourth-order valence-electron chi connectivity index (χ4n) is 1.88. The first-order valence-electron chi connectivity index (χ1n) is 6.56. The third-order valence-corrected chi connectivity index (χ3v) is 3.36. The van der Waals surface area contributed by atoms with Crippen molar-refractivity contribution in [3.05, 3.63) is 11.1 Å². The second-order valence-electron chi connectivity index (χ2n) is 5.10. The summed E-state index contributed by atoms with van der Waals surface area (Å²) in [7, 11) is 0. The molecule has 1 saturated heterocycles. The number of piperidine rings is 1. The van der Waals surface area contributed by atoms with E-state index in [0.29, 0.717) is 19.6 Å². The van der Waals surface area contributed by atoms with Crippen molar-refractivity contribution in [1.82, 2.24) is 15.5 Å². The van der Waals surface area contributed by atoms with Gasteiger partial charge in [-0.05, 0) is 12.8 Å². The van der Waals surface area contributed by atoms with Gasteiger partial charge < -0.3 is 15.5 Å². The molecule has 0 aliphatic carbocycles. The smallest absolute Gasteiger partial charge is 0.317 e. The first kappa shape index (κ1) is 16.0. The molecule has 0 radical (unpaired) electrons. The van der Waals surface area contributed by atoms with Crippen LogP contribution in [0, 0.1) is 5.92 Å². The average Bonchev–Trinajstić information content (AvgIpc) is 2.36. The SMILES string of the molecule is C=C(Br)CNC(=O)N1CCC(NC(=O)C(C)C)CC1. The van der Waals surface area contributed by atoms with Gasteiger partial charge in [-0.1, -0.05) is 36.4 Å². The van der Waals surface area contributed by atoms with Gasteiger partial charge in [-0.2, -0.15) is 0 Å². The molecule has 5 nitrogen and oxygen atoms in total. The summed E-state index contributed by atoms with van der Waals surface area (Å²) in [5.41, 5.74) is 0. The summed E-state index contributed by atoms with van der Waals surface area (Å²) in [6.45, 7) is 9.20. The number of carbonyl (C=O) groups excluding carboxylic acids is 2. The molecule has 0 aromatic rings. The van der Waals surface area contributed by atoms with Crippen LogP contribution in [0.2, 0.25) is 0 Å². The van der Waals surface area contributed by atoms with E-state index >= 15 is 0 Å². The lowest BCUT2D eigenvalue weighted by atomic mass is 10.0. The number of rotatable bonds is 4. The molecule has 108 valence electrons. The van der Waals surface area contributed by atoms with E-state index < -0.39 is 0 Å². The summed E-state index contributed by atoms with van der Waals surface area (Å²) in [5.74, 6) is 0.0877. The second-order valence-corrected chi connectivity index (χ2v) is 6.22. The summed E-state index contributed by atoms with van der Waals surface area (Å²) < 4.78 is 0.750. The Morgan fingerprint density at radius 3 is 2.42 bits per heavy atom. The third-order valence-electron chi connectivity index (χ3n) is 3.08. The molecule has 3 amide bonds. The van der Waals surface area contributed by atoms with Crippen LogP contribution < -0.4 is 10.6 Å². The predicted octanol–water partition coefficient (Wildman–Crippen LogP) is 1.84. The number of nitrogens with one attached hydrogen (secondary N) is 2. The van der Waals surface area contributed by atoms with Gasteiger partial charge in [0.25, 0.3) is 0 Å². The van der Waals surface area contributed by atoms with E-state index in [1.54, 1.807) is 4.90 Å². The van der Waals surface area contributed by atoms with Gasteiger partial charge >= 0.3 is 6.03 Å². The molecule has 1 fully saturated rings. The zero-order chi connectivity index (χ0) is 14.4. The lowest BCUT2D eigenvalue weighted by molar-refractivity contribution is -0.124. The van der Waals surface area contributed by atoms with E-state index in [9.17, 15) is 9.59 Å². The van der Waals surface area contributed by atoms with Gasteiger partial charge in [0.2, 0.25) is 5.91 Å². The number of nitrogens with zero attached hydrogens (tertiary/aromatic N) is 1. The highest BCUT2D eigenvalue weighted by molar-refractivity contribution is 9.11. The first-order valence-corrected chi connectivity index (χ1v) is 7.36. The Morgan fingerprint density at radius 2 is 1.95 bits per heavy atom. The number of hydrogen-bond acceptors (Lipinski definition) is 2. The third kappa shape index (κ3) is 5.63. The van der Waals surface area contributed by atoms with Crippen molar-refractivity contribution < 1.29 is 9.59 Å². The molecule has 1 heterocycles. The van der Waals surface area contributed by atoms with Crippen molar-refractivity contribution in [2.45, 2.75) is 32.7 Å². The summed E-state index contributed by atoms with van der Waals surface area (Å²) in [6.07, 6.45) is 1.61. The Bertz CT molecular complexity index is 350. The van der Waals surface area contributed by atoms with Crippen LogP contribution in [0.5, 0.6) is 0 Å². The van der Waals surface area contributed by atoms with Crippen LogP contribution in [0.25, 0.3) is 0 Å². The van der Waals surface area contributed by atoms with E-state index in [1.807, 2.05) is 13.8 Å².